The van der Waals surface area contributed by atoms with Gasteiger partial charge in [-0.05, 0) is 12.1 Å². The molecule has 3 saturated heterocycles. The lowest BCUT2D eigenvalue weighted by molar-refractivity contribution is -0.177. The van der Waals surface area contributed by atoms with Crippen LogP contribution < -0.4 is 20.3 Å². The number of carbonyl (C=O) groups excluding carboxylic acids is 2. The van der Waals surface area contributed by atoms with Crippen molar-refractivity contribution in [2.75, 3.05) is 42.7 Å². The van der Waals surface area contributed by atoms with E-state index >= 15 is 0 Å². The monoisotopic (exact) mass is 375 g/mol. The molecule has 0 aliphatic carbocycles. The number of piperidine rings is 1. The standard InChI is InChI=1S/C18H21N3O6/c19-9-15-13-10-24-14-7-11(1-2-12(14)21(13)17(23)27-15)20-4-3-18(8-16(20)22)25-5-6-26-18/h1-2,7,13,15H,3-6,8-10,19H2/t13-,15-/m0/s1. The van der Waals surface area contributed by atoms with E-state index in [-0.39, 0.29) is 31.0 Å². The third kappa shape index (κ3) is 2.57. The molecule has 1 spiro atoms. The average molecular weight is 375 g/mol. The van der Waals surface area contributed by atoms with Gasteiger partial charge in [0.15, 0.2) is 5.79 Å². The highest BCUT2D eigenvalue weighted by Crippen LogP contribution is 2.42. The van der Waals surface area contributed by atoms with Crippen LogP contribution in [0.15, 0.2) is 18.2 Å². The summed E-state index contributed by atoms with van der Waals surface area (Å²) in [5, 5.41) is 0. The van der Waals surface area contributed by atoms with Crippen LogP contribution in [-0.4, -0.2) is 62.8 Å². The van der Waals surface area contributed by atoms with Gasteiger partial charge in [-0.25, -0.2) is 4.79 Å². The fourth-order valence-electron chi connectivity index (χ4n) is 4.23. The lowest BCUT2D eigenvalue weighted by Crippen LogP contribution is -2.49. The maximum atomic E-state index is 12.7. The van der Waals surface area contributed by atoms with Crippen LogP contribution in [-0.2, 0) is 19.0 Å². The molecule has 4 aliphatic rings. The van der Waals surface area contributed by atoms with E-state index in [0.717, 1.165) is 5.69 Å². The molecule has 0 aromatic heterocycles. The van der Waals surface area contributed by atoms with E-state index in [0.29, 0.717) is 44.2 Å². The molecule has 2 amide bonds. The van der Waals surface area contributed by atoms with Crippen LogP contribution in [0.25, 0.3) is 0 Å². The zero-order chi connectivity index (χ0) is 18.6. The first-order chi connectivity index (χ1) is 13.1. The Kier molecular flexibility index (Phi) is 3.78. The highest BCUT2D eigenvalue weighted by Gasteiger charge is 2.47. The number of carbonyl (C=O) groups is 2. The summed E-state index contributed by atoms with van der Waals surface area (Å²) in [4.78, 5) is 28.2. The molecule has 1 aromatic rings. The molecule has 0 saturated carbocycles. The van der Waals surface area contributed by atoms with Crippen LogP contribution in [0.4, 0.5) is 16.2 Å². The number of rotatable bonds is 2. The van der Waals surface area contributed by atoms with Crippen molar-refractivity contribution in [2.45, 2.75) is 30.8 Å². The van der Waals surface area contributed by atoms with E-state index in [4.69, 9.17) is 24.7 Å². The zero-order valence-electron chi connectivity index (χ0n) is 14.8. The smallest absolute Gasteiger partial charge is 0.415 e. The number of amides is 2. The Morgan fingerprint density at radius 3 is 2.78 bits per heavy atom. The molecule has 3 fully saturated rings. The van der Waals surface area contributed by atoms with E-state index in [1.165, 1.54) is 0 Å². The van der Waals surface area contributed by atoms with Crippen LogP contribution >= 0.6 is 0 Å². The van der Waals surface area contributed by atoms with Gasteiger partial charge in [-0.2, -0.15) is 0 Å². The highest BCUT2D eigenvalue weighted by molar-refractivity contribution is 5.97. The van der Waals surface area contributed by atoms with Crippen LogP contribution in [0.3, 0.4) is 0 Å². The minimum Gasteiger partial charge on any atom is -0.489 e. The van der Waals surface area contributed by atoms with Gasteiger partial charge in [0.1, 0.15) is 24.5 Å². The van der Waals surface area contributed by atoms with Crippen LogP contribution in [0.5, 0.6) is 5.75 Å². The molecule has 0 bridgehead atoms. The quantitative estimate of drug-likeness (QED) is 0.807. The summed E-state index contributed by atoms with van der Waals surface area (Å²) in [6.07, 6.45) is 0.0230. The van der Waals surface area contributed by atoms with Crippen LogP contribution in [0.1, 0.15) is 12.8 Å². The van der Waals surface area contributed by atoms with Crippen molar-refractivity contribution >= 4 is 23.4 Å². The molecule has 5 rings (SSSR count). The molecule has 0 unspecified atom stereocenters. The Bertz CT molecular complexity index is 793. The predicted molar refractivity (Wildman–Crippen MR) is 93.7 cm³/mol. The third-order valence-electron chi connectivity index (χ3n) is 5.62. The van der Waals surface area contributed by atoms with E-state index in [1.54, 1.807) is 21.9 Å². The Hall–Kier alpha value is -2.36. The van der Waals surface area contributed by atoms with Gasteiger partial charge in [0.2, 0.25) is 5.91 Å². The second-order valence-corrected chi connectivity index (χ2v) is 7.14. The van der Waals surface area contributed by atoms with E-state index in [1.807, 2.05) is 6.07 Å². The van der Waals surface area contributed by atoms with Gasteiger partial charge in [-0.3, -0.25) is 9.69 Å². The van der Waals surface area contributed by atoms with Gasteiger partial charge >= 0.3 is 6.09 Å². The summed E-state index contributed by atoms with van der Waals surface area (Å²) in [5.41, 5.74) is 7.05. The lowest BCUT2D eigenvalue weighted by Gasteiger charge is -2.37. The zero-order valence-corrected chi connectivity index (χ0v) is 14.8. The summed E-state index contributed by atoms with van der Waals surface area (Å²) < 4.78 is 22.5. The number of cyclic esters (lactones) is 1. The van der Waals surface area contributed by atoms with Gasteiger partial charge in [0, 0.05) is 31.3 Å². The second-order valence-electron chi connectivity index (χ2n) is 7.14. The molecule has 2 atom stereocenters. The topological polar surface area (TPSA) is 104 Å². The normalized spacial score (nSPS) is 28.8. The lowest BCUT2D eigenvalue weighted by atomic mass is 10.0. The Morgan fingerprint density at radius 2 is 2.04 bits per heavy atom. The summed E-state index contributed by atoms with van der Waals surface area (Å²) in [7, 11) is 0. The molecule has 2 N–H and O–H groups in total. The van der Waals surface area contributed by atoms with Gasteiger partial charge in [-0.1, -0.05) is 0 Å². The minimum atomic E-state index is -0.762. The number of nitrogens with two attached hydrogens (primary N) is 1. The van der Waals surface area contributed by atoms with Crippen molar-refractivity contribution in [3.8, 4) is 5.75 Å². The molecule has 4 aliphatic heterocycles. The maximum Gasteiger partial charge on any atom is 0.415 e. The highest BCUT2D eigenvalue weighted by atomic mass is 16.7. The number of fused-ring (bicyclic) bond motifs is 3. The molecule has 4 heterocycles. The molecular formula is C18H21N3O6. The van der Waals surface area contributed by atoms with Crippen molar-refractivity contribution in [1.29, 1.82) is 0 Å². The molecular weight excluding hydrogens is 354 g/mol. The van der Waals surface area contributed by atoms with Crippen molar-refractivity contribution in [3.63, 3.8) is 0 Å². The number of hydrogen-bond acceptors (Lipinski definition) is 7. The molecule has 9 heteroatoms. The van der Waals surface area contributed by atoms with Gasteiger partial charge in [0.25, 0.3) is 0 Å². The molecule has 144 valence electrons. The SMILES string of the molecule is NC[C@@H]1OC(=O)N2c3ccc(N4CCC5(CC4=O)OCCO5)cc3OC[C@@H]12. The van der Waals surface area contributed by atoms with E-state index < -0.39 is 11.9 Å². The largest absolute Gasteiger partial charge is 0.489 e. The summed E-state index contributed by atoms with van der Waals surface area (Å²) in [6, 6.07) is 5.17. The summed E-state index contributed by atoms with van der Waals surface area (Å²) in [5.74, 6) is -0.261. The number of ether oxygens (including phenoxy) is 4. The summed E-state index contributed by atoms with van der Waals surface area (Å²) >= 11 is 0. The van der Waals surface area contributed by atoms with Crippen molar-refractivity contribution in [3.05, 3.63) is 18.2 Å². The summed E-state index contributed by atoms with van der Waals surface area (Å²) in [6.45, 7) is 2.11. The average Bonchev–Trinajstić information content (AvgIpc) is 3.25. The third-order valence-corrected chi connectivity index (χ3v) is 5.62. The minimum absolute atomic E-state index is 0.0550. The first-order valence-corrected chi connectivity index (χ1v) is 9.15. The maximum absolute atomic E-state index is 12.7. The first-order valence-electron chi connectivity index (χ1n) is 9.15. The van der Waals surface area contributed by atoms with Crippen molar-refractivity contribution in [2.24, 2.45) is 5.73 Å². The number of benzene rings is 1. The molecule has 1 aromatic carbocycles. The second kappa shape index (κ2) is 6.08. The Balaban J connectivity index is 1.39. The molecule has 9 nitrogen and oxygen atoms in total. The van der Waals surface area contributed by atoms with Crippen molar-refractivity contribution in [1.82, 2.24) is 0 Å². The number of nitrogens with zero attached hydrogens (tertiary/aromatic N) is 2. The fourth-order valence-corrected chi connectivity index (χ4v) is 4.23. The van der Waals surface area contributed by atoms with Gasteiger partial charge in [0.05, 0.1) is 25.3 Å². The predicted octanol–water partition coefficient (Wildman–Crippen LogP) is 0.601. The Morgan fingerprint density at radius 1 is 1.22 bits per heavy atom. The van der Waals surface area contributed by atoms with Gasteiger partial charge < -0.3 is 29.6 Å². The van der Waals surface area contributed by atoms with E-state index in [9.17, 15) is 9.59 Å². The van der Waals surface area contributed by atoms with E-state index in [2.05, 4.69) is 0 Å². The first kappa shape index (κ1) is 16.8. The van der Waals surface area contributed by atoms with Crippen molar-refractivity contribution < 1.29 is 28.5 Å². The number of anilines is 2. The van der Waals surface area contributed by atoms with Crippen LogP contribution in [0.2, 0.25) is 0 Å². The molecule has 0 radical (unpaired) electrons. The molecule has 27 heavy (non-hydrogen) atoms. The Labute approximate surface area is 155 Å². The van der Waals surface area contributed by atoms with Crippen LogP contribution in [0, 0.1) is 0 Å². The van der Waals surface area contributed by atoms with Gasteiger partial charge in [-0.15, -0.1) is 0 Å². The number of hydrogen-bond donors (Lipinski definition) is 1. The fraction of sp³-hybridized carbons (Fsp3) is 0.556.